The molecule has 2 aromatic rings. The van der Waals surface area contributed by atoms with Crippen LogP contribution in [-0.4, -0.2) is 54.8 Å². The highest BCUT2D eigenvalue weighted by Gasteiger charge is 2.61. The van der Waals surface area contributed by atoms with E-state index in [4.69, 9.17) is 21.1 Å². The fourth-order valence-corrected chi connectivity index (χ4v) is 5.62. The summed E-state index contributed by atoms with van der Waals surface area (Å²) in [4.78, 5) is 43.2. The van der Waals surface area contributed by atoms with Gasteiger partial charge in [-0.25, -0.2) is 8.78 Å². The van der Waals surface area contributed by atoms with Gasteiger partial charge in [-0.2, -0.15) is 0 Å². The van der Waals surface area contributed by atoms with Crippen LogP contribution >= 0.6 is 11.6 Å². The Hall–Kier alpha value is -2.84. The lowest BCUT2D eigenvalue weighted by Crippen LogP contribution is -2.62. The molecule has 2 aromatic carbocycles. The lowest BCUT2D eigenvalue weighted by molar-refractivity contribution is -0.164. The number of nitrogens with zero attached hydrogens (tertiary/aromatic N) is 1. The van der Waals surface area contributed by atoms with Gasteiger partial charge in [-0.05, 0) is 55.7 Å². The van der Waals surface area contributed by atoms with Crippen molar-refractivity contribution in [3.63, 3.8) is 0 Å². The number of carbonyl (C=O) groups excluding carboxylic acids is 3. The zero-order valence-corrected chi connectivity index (χ0v) is 22.4. The molecule has 0 saturated carbocycles. The van der Waals surface area contributed by atoms with Crippen LogP contribution < -0.4 is 4.74 Å². The lowest BCUT2D eigenvalue weighted by Gasteiger charge is -2.49. The Kier molecular flexibility index (Phi) is 8.83. The van der Waals surface area contributed by atoms with E-state index in [2.05, 4.69) is 0 Å². The first-order valence-electron chi connectivity index (χ1n) is 13.1. The molecular weight excluding hydrogens is 516 g/mol. The van der Waals surface area contributed by atoms with Gasteiger partial charge in [-0.15, -0.1) is 0 Å². The number of benzene rings is 2. The molecule has 2 heterocycles. The van der Waals surface area contributed by atoms with E-state index in [0.717, 1.165) is 37.8 Å². The first-order chi connectivity index (χ1) is 18.3. The molecule has 3 atom stereocenters. The number of hydrogen-bond acceptors (Lipinski definition) is 5. The Morgan fingerprint density at radius 3 is 2.26 bits per heavy atom. The Labute approximate surface area is 226 Å². The van der Waals surface area contributed by atoms with Crippen LogP contribution in [0.2, 0.25) is 5.02 Å². The Morgan fingerprint density at radius 1 is 1.00 bits per heavy atom. The minimum absolute atomic E-state index is 0.0688. The molecule has 0 aromatic heterocycles. The Morgan fingerprint density at radius 2 is 1.63 bits per heavy atom. The second kappa shape index (κ2) is 11.9. The zero-order valence-electron chi connectivity index (χ0n) is 21.6. The van der Waals surface area contributed by atoms with Crippen molar-refractivity contribution in [3.8, 4) is 5.75 Å². The highest BCUT2D eigenvalue weighted by molar-refractivity contribution is 6.47. The molecule has 1 amide bonds. The molecule has 38 heavy (non-hydrogen) atoms. The number of ketones is 2. The SMILES string of the molecule is CCCCN(CCCC)C(=O)[C@@H]1OCC[C@@]2(C(=O)C(=O)c3ccc(Cl)cc3)c3c(F)ccc(F)c3OC[C@@H]12. The second-order valence-corrected chi connectivity index (χ2v) is 10.3. The van der Waals surface area contributed by atoms with Gasteiger partial charge in [-0.1, -0.05) is 38.3 Å². The molecule has 1 saturated heterocycles. The zero-order chi connectivity index (χ0) is 27.4. The number of amides is 1. The van der Waals surface area contributed by atoms with Gasteiger partial charge >= 0.3 is 0 Å². The fourth-order valence-electron chi connectivity index (χ4n) is 5.49. The molecule has 9 heteroatoms. The molecule has 6 nitrogen and oxygen atoms in total. The summed E-state index contributed by atoms with van der Waals surface area (Å²) in [5.41, 5.74) is -2.09. The van der Waals surface area contributed by atoms with Crippen LogP contribution in [0.4, 0.5) is 8.78 Å². The van der Waals surface area contributed by atoms with Gasteiger partial charge in [0.1, 0.15) is 11.9 Å². The summed E-state index contributed by atoms with van der Waals surface area (Å²) in [5.74, 6) is -5.27. The van der Waals surface area contributed by atoms with E-state index in [-0.39, 0.29) is 36.7 Å². The standard InChI is InChI=1S/C29H32ClF2NO5/c1-3-5-14-33(15-6-4-2)28(36)25-20-17-38-26-22(32)12-11-21(31)23(26)29(20,13-16-37-25)27(35)24(34)18-7-9-19(30)10-8-18/h7-12,20,25H,3-6,13-17H2,1-2H3/t20-,25+,29-/m0/s1. The normalized spacial score (nSPS) is 22.1. The number of ether oxygens (including phenoxy) is 2. The third-order valence-corrected chi connectivity index (χ3v) is 7.79. The first kappa shape index (κ1) is 28.2. The van der Waals surface area contributed by atoms with E-state index in [1.54, 1.807) is 4.90 Å². The van der Waals surface area contributed by atoms with Crippen molar-refractivity contribution in [2.45, 2.75) is 57.5 Å². The Balaban J connectivity index is 1.82. The predicted molar refractivity (Wildman–Crippen MR) is 139 cm³/mol. The van der Waals surface area contributed by atoms with Gasteiger partial charge in [0.2, 0.25) is 11.6 Å². The quantitative estimate of drug-likeness (QED) is 0.289. The molecule has 204 valence electrons. The summed E-state index contributed by atoms with van der Waals surface area (Å²) in [6, 6.07) is 7.62. The van der Waals surface area contributed by atoms with Crippen LogP contribution in [0.25, 0.3) is 0 Å². The first-order valence-corrected chi connectivity index (χ1v) is 13.5. The van der Waals surface area contributed by atoms with Crippen LogP contribution in [0, 0.1) is 17.6 Å². The average molecular weight is 548 g/mol. The van der Waals surface area contributed by atoms with Crippen molar-refractivity contribution < 1.29 is 32.6 Å². The number of unbranched alkanes of at least 4 members (excludes halogenated alkanes) is 2. The van der Waals surface area contributed by atoms with Crippen molar-refractivity contribution in [1.82, 2.24) is 4.90 Å². The summed E-state index contributed by atoms with van der Waals surface area (Å²) < 4.78 is 42.0. The number of hydrogen-bond donors (Lipinski definition) is 0. The van der Waals surface area contributed by atoms with Crippen LogP contribution in [0.3, 0.4) is 0 Å². The van der Waals surface area contributed by atoms with Crippen LogP contribution in [0.15, 0.2) is 36.4 Å². The van der Waals surface area contributed by atoms with E-state index in [0.29, 0.717) is 18.1 Å². The molecule has 0 spiro atoms. The van der Waals surface area contributed by atoms with Gasteiger partial charge in [0.15, 0.2) is 11.6 Å². The summed E-state index contributed by atoms with van der Waals surface area (Å²) in [6.07, 6.45) is 2.07. The summed E-state index contributed by atoms with van der Waals surface area (Å²) >= 11 is 5.95. The second-order valence-electron chi connectivity index (χ2n) is 9.86. The smallest absolute Gasteiger partial charge is 0.252 e. The van der Waals surface area contributed by atoms with Gasteiger partial charge < -0.3 is 14.4 Å². The van der Waals surface area contributed by atoms with Gasteiger partial charge in [0.25, 0.3) is 5.91 Å². The fraction of sp³-hybridized carbons (Fsp3) is 0.483. The molecular formula is C29H32ClF2NO5. The van der Waals surface area contributed by atoms with Gasteiger partial charge in [0, 0.05) is 41.8 Å². The lowest BCUT2D eigenvalue weighted by atomic mass is 9.59. The minimum Gasteiger partial charge on any atom is -0.490 e. The van der Waals surface area contributed by atoms with Crippen molar-refractivity contribution in [2.24, 2.45) is 5.92 Å². The minimum atomic E-state index is -1.84. The maximum Gasteiger partial charge on any atom is 0.252 e. The number of halogens is 3. The summed E-state index contributed by atoms with van der Waals surface area (Å²) in [6.45, 7) is 4.69. The summed E-state index contributed by atoms with van der Waals surface area (Å²) in [5, 5.41) is 0.380. The third kappa shape index (κ3) is 5.08. The van der Waals surface area contributed by atoms with Gasteiger partial charge in [-0.3, -0.25) is 14.4 Å². The van der Waals surface area contributed by atoms with Crippen molar-refractivity contribution in [2.75, 3.05) is 26.3 Å². The molecule has 0 radical (unpaired) electrons. The molecule has 0 bridgehead atoms. The molecule has 0 unspecified atom stereocenters. The van der Waals surface area contributed by atoms with E-state index < -0.39 is 46.4 Å². The van der Waals surface area contributed by atoms with Crippen LogP contribution in [0.5, 0.6) is 5.75 Å². The molecule has 2 aliphatic heterocycles. The Bertz CT molecular complexity index is 1200. The molecule has 4 rings (SSSR count). The molecule has 1 fully saturated rings. The van der Waals surface area contributed by atoms with Crippen molar-refractivity contribution in [3.05, 3.63) is 64.2 Å². The molecule has 0 N–H and O–H groups in total. The number of fused-ring (bicyclic) bond motifs is 3. The number of rotatable bonds is 10. The van der Waals surface area contributed by atoms with Crippen LogP contribution in [0.1, 0.15) is 61.9 Å². The van der Waals surface area contributed by atoms with E-state index in [1.165, 1.54) is 24.3 Å². The third-order valence-electron chi connectivity index (χ3n) is 7.54. The largest absolute Gasteiger partial charge is 0.490 e. The van der Waals surface area contributed by atoms with E-state index >= 15 is 4.39 Å². The van der Waals surface area contributed by atoms with E-state index in [9.17, 15) is 18.8 Å². The maximum atomic E-state index is 15.5. The van der Waals surface area contributed by atoms with Crippen molar-refractivity contribution in [1.29, 1.82) is 0 Å². The molecule has 2 aliphatic rings. The average Bonchev–Trinajstić information content (AvgIpc) is 2.93. The van der Waals surface area contributed by atoms with Crippen molar-refractivity contribution >= 4 is 29.1 Å². The summed E-state index contributed by atoms with van der Waals surface area (Å²) in [7, 11) is 0. The molecule has 0 aliphatic carbocycles. The topological polar surface area (TPSA) is 72.9 Å². The van der Waals surface area contributed by atoms with Crippen LogP contribution in [-0.2, 0) is 19.7 Å². The highest BCUT2D eigenvalue weighted by Crippen LogP contribution is 2.52. The monoisotopic (exact) mass is 547 g/mol. The maximum absolute atomic E-state index is 15.5. The van der Waals surface area contributed by atoms with E-state index in [1.807, 2.05) is 13.8 Å². The number of Topliss-reactive ketones (excluding diaryl/α,β-unsaturated/α-hetero) is 2. The predicted octanol–water partition coefficient (Wildman–Crippen LogP) is 5.53. The highest BCUT2D eigenvalue weighted by atomic mass is 35.5. The number of carbonyl (C=O) groups is 3. The van der Waals surface area contributed by atoms with Gasteiger partial charge in [0.05, 0.1) is 12.0 Å².